The summed E-state index contributed by atoms with van der Waals surface area (Å²) in [7, 11) is -3.59. The van der Waals surface area contributed by atoms with Gasteiger partial charge in [-0.05, 0) is 47.0 Å². The minimum absolute atomic E-state index is 0.132. The summed E-state index contributed by atoms with van der Waals surface area (Å²) in [5.41, 5.74) is 0.650. The summed E-state index contributed by atoms with van der Waals surface area (Å²) >= 11 is 3.26. The molecule has 1 fully saturated rings. The van der Waals surface area contributed by atoms with Gasteiger partial charge in [0.2, 0.25) is 16.0 Å². The number of sulfonamides is 1. The van der Waals surface area contributed by atoms with E-state index < -0.39 is 10.0 Å². The van der Waals surface area contributed by atoms with Crippen LogP contribution >= 0.6 is 15.9 Å². The third-order valence-electron chi connectivity index (χ3n) is 3.66. The predicted molar refractivity (Wildman–Crippen MR) is 91.6 cm³/mol. The van der Waals surface area contributed by atoms with Crippen molar-refractivity contribution in [2.75, 3.05) is 18.0 Å². The quantitative estimate of drug-likeness (QED) is 0.838. The van der Waals surface area contributed by atoms with E-state index in [9.17, 15) is 8.42 Å². The molecule has 0 atom stereocenters. The van der Waals surface area contributed by atoms with Crippen LogP contribution < -0.4 is 9.62 Å². The van der Waals surface area contributed by atoms with Crippen LogP contribution in [-0.2, 0) is 16.6 Å². The highest BCUT2D eigenvalue weighted by Gasteiger charge is 2.18. The normalized spacial score (nSPS) is 15.1. The second-order valence-electron chi connectivity index (χ2n) is 5.30. The number of nitrogens with one attached hydrogen (secondary N) is 1. The van der Waals surface area contributed by atoms with E-state index in [-0.39, 0.29) is 11.4 Å². The first-order chi connectivity index (χ1) is 11.1. The topological polar surface area (TPSA) is 75.2 Å². The van der Waals surface area contributed by atoms with Gasteiger partial charge in [-0.3, -0.25) is 0 Å². The van der Waals surface area contributed by atoms with Crippen molar-refractivity contribution in [3.63, 3.8) is 0 Å². The van der Waals surface area contributed by atoms with Crippen LogP contribution in [0.2, 0.25) is 0 Å². The molecule has 1 aliphatic rings. The number of anilines is 1. The molecule has 8 heteroatoms. The molecule has 122 valence electrons. The van der Waals surface area contributed by atoms with Crippen molar-refractivity contribution < 1.29 is 8.42 Å². The van der Waals surface area contributed by atoms with Crippen molar-refractivity contribution in [1.82, 2.24) is 14.7 Å². The van der Waals surface area contributed by atoms with Crippen molar-refractivity contribution >= 4 is 31.9 Å². The van der Waals surface area contributed by atoms with Gasteiger partial charge >= 0.3 is 0 Å². The Bertz CT molecular complexity index is 792. The number of rotatable bonds is 5. The number of benzene rings is 1. The Morgan fingerprint density at radius 3 is 2.65 bits per heavy atom. The maximum absolute atomic E-state index is 12.4. The van der Waals surface area contributed by atoms with Gasteiger partial charge in [-0.2, -0.15) is 0 Å². The van der Waals surface area contributed by atoms with Crippen molar-refractivity contribution in [3.05, 3.63) is 46.7 Å². The summed E-state index contributed by atoms with van der Waals surface area (Å²) in [6.07, 6.45) is 3.95. The lowest BCUT2D eigenvalue weighted by Crippen LogP contribution is -2.25. The average molecular weight is 397 g/mol. The molecule has 0 spiro atoms. The Balaban J connectivity index is 1.73. The van der Waals surface area contributed by atoms with Gasteiger partial charge in [-0.25, -0.2) is 23.1 Å². The monoisotopic (exact) mass is 396 g/mol. The van der Waals surface area contributed by atoms with Crippen molar-refractivity contribution in [2.45, 2.75) is 24.3 Å². The zero-order chi connectivity index (χ0) is 16.3. The summed E-state index contributed by atoms with van der Waals surface area (Å²) in [6.45, 7) is 2.03. The smallest absolute Gasteiger partial charge is 0.242 e. The molecule has 1 aromatic carbocycles. The Morgan fingerprint density at radius 2 is 1.91 bits per heavy atom. The molecular formula is C15H17BrN4O2S. The highest BCUT2D eigenvalue weighted by Crippen LogP contribution is 2.21. The zero-order valence-corrected chi connectivity index (χ0v) is 14.8. The first-order valence-electron chi connectivity index (χ1n) is 7.37. The van der Waals surface area contributed by atoms with E-state index in [0.717, 1.165) is 25.9 Å². The maximum Gasteiger partial charge on any atom is 0.242 e. The number of hydrogen-bond donors (Lipinski definition) is 1. The molecule has 1 saturated heterocycles. The second-order valence-corrected chi connectivity index (χ2v) is 7.89. The molecule has 3 rings (SSSR count). The molecule has 0 saturated carbocycles. The van der Waals surface area contributed by atoms with Crippen LogP contribution in [0.25, 0.3) is 0 Å². The molecule has 6 nitrogen and oxygen atoms in total. The van der Waals surface area contributed by atoms with Gasteiger partial charge in [0, 0.05) is 23.8 Å². The molecule has 1 aromatic heterocycles. The fourth-order valence-electron chi connectivity index (χ4n) is 2.46. The van der Waals surface area contributed by atoms with Crippen molar-refractivity contribution in [1.29, 1.82) is 0 Å². The lowest BCUT2D eigenvalue weighted by molar-refractivity contribution is 0.580. The van der Waals surface area contributed by atoms with E-state index in [1.807, 2.05) is 0 Å². The molecule has 2 heterocycles. The average Bonchev–Trinajstić information content (AvgIpc) is 3.08. The van der Waals surface area contributed by atoms with Gasteiger partial charge in [0.1, 0.15) is 0 Å². The van der Waals surface area contributed by atoms with Crippen LogP contribution in [0.5, 0.6) is 0 Å². The zero-order valence-electron chi connectivity index (χ0n) is 12.4. The lowest BCUT2D eigenvalue weighted by Gasteiger charge is -2.15. The summed E-state index contributed by atoms with van der Waals surface area (Å²) in [6, 6.07) is 8.44. The van der Waals surface area contributed by atoms with Crippen LogP contribution in [0.4, 0.5) is 5.95 Å². The number of aromatic nitrogens is 2. The Kier molecular flexibility index (Phi) is 4.93. The van der Waals surface area contributed by atoms with E-state index in [1.54, 1.807) is 36.5 Å². The van der Waals surface area contributed by atoms with Gasteiger partial charge in [0.05, 0.1) is 17.1 Å². The predicted octanol–water partition coefficient (Wildman–Crippen LogP) is 2.32. The summed E-state index contributed by atoms with van der Waals surface area (Å²) in [4.78, 5) is 11.1. The van der Waals surface area contributed by atoms with Crippen molar-refractivity contribution in [3.8, 4) is 0 Å². The Labute approximate surface area is 144 Å². The van der Waals surface area contributed by atoms with Crippen LogP contribution in [0.1, 0.15) is 18.5 Å². The first-order valence-corrected chi connectivity index (χ1v) is 9.65. The number of halogens is 1. The first kappa shape index (κ1) is 16.4. The minimum Gasteiger partial charge on any atom is -0.341 e. The molecule has 0 bridgehead atoms. The molecule has 23 heavy (non-hydrogen) atoms. The van der Waals surface area contributed by atoms with Gasteiger partial charge in [0.25, 0.3) is 0 Å². The summed E-state index contributed by atoms with van der Waals surface area (Å²) in [5, 5.41) is 0. The molecule has 1 aliphatic heterocycles. The van der Waals surface area contributed by atoms with E-state index in [2.05, 4.69) is 35.5 Å². The van der Waals surface area contributed by atoms with E-state index in [1.165, 1.54) is 0 Å². The minimum atomic E-state index is -3.59. The van der Waals surface area contributed by atoms with Crippen LogP contribution in [-0.4, -0.2) is 31.5 Å². The highest BCUT2D eigenvalue weighted by molar-refractivity contribution is 9.10. The molecule has 2 aromatic rings. The van der Waals surface area contributed by atoms with E-state index >= 15 is 0 Å². The number of hydrogen-bond acceptors (Lipinski definition) is 5. The van der Waals surface area contributed by atoms with Crippen molar-refractivity contribution in [2.24, 2.45) is 0 Å². The van der Waals surface area contributed by atoms with Gasteiger partial charge in [-0.1, -0.05) is 12.1 Å². The third kappa shape index (κ3) is 3.88. The van der Waals surface area contributed by atoms with E-state index in [4.69, 9.17) is 0 Å². The summed E-state index contributed by atoms with van der Waals surface area (Å²) in [5.74, 6) is 0.667. The summed E-state index contributed by atoms with van der Waals surface area (Å²) < 4.78 is 27.9. The second kappa shape index (κ2) is 6.94. The fourth-order valence-corrected chi connectivity index (χ4v) is 4.46. The van der Waals surface area contributed by atoms with E-state index in [0.29, 0.717) is 16.1 Å². The van der Waals surface area contributed by atoms with Gasteiger partial charge in [-0.15, -0.1) is 0 Å². The fraction of sp³-hybridized carbons (Fsp3) is 0.333. The van der Waals surface area contributed by atoms with Crippen LogP contribution in [0.15, 0.2) is 45.9 Å². The molecule has 1 N–H and O–H groups in total. The molecular weight excluding hydrogens is 380 g/mol. The molecule has 0 unspecified atom stereocenters. The standard InChI is InChI=1S/C15H17BrN4O2S/c16-13-5-1-2-6-14(13)23(21,22)18-11-12-7-8-17-15(19-12)20-9-3-4-10-20/h1-2,5-8,18H,3-4,9-11H2. The molecule has 0 aliphatic carbocycles. The lowest BCUT2D eigenvalue weighted by atomic mass is 10.4. The van der Waals surface area contributed by atoms with Gasteiger partial charge in [0.15, 0.2) is 0 Å². The highest BCUT2D eigenvalue weighted by atomic mass is 79.9. The van der Waals surface area contributed by atoms with Crippen LogP contribution in [0.3, 0.4) is 0 Å². The largest absolute Gasteiger partial charge is 0.341 e. The van der Waals surface area contributed by atoms with Crippen LogP contribution in [0, 0.1) is 0 Å². The SMILES string of the molecule is O=S(=O)(NCc1ccnc(N2CCCC2)n1)c1ccccc1Br. The molecule has 0 radical (unpaired) electrons. The molecule has 0 amide bonds. The Hall–Kier alpha value is -1.51. The number of nitrogens with zero attached hydrogens (tertiary/aromatic N) is 3. The third-order valence-corrected chi connectivity index (χ3v) is 6.07. The van der Waals surface area contributed by atoms with Gasteiger partial charge < -0.3 is 4.90 Å². The Morgan fingerprint density at radius 1 is 1.17 bits per heavy atom. The maximum atomic E-state index is 12.4.